The lowest BCUT2D eigenvalue weighted by atomic mass is 9.75. The standard InChI is InChI=1S/C33H45N5O4/c1-24(2)30-34-16-19-37(30)18-12-29(39)38-17-11-27-26(23-38)10-6-7-13-33(14-20-42-21-15-33)32(41)36-28(31(40)35-27)22-25-8-4-3-5-9-25/h3-9,16,19,24,26-28H,10-15,17-18,20-23H2,1-2H3,(H,35,40)(H,36,41)/b7-6+/t26-,27+,28-/m1/s1. The first-order valence-corrected chi connectivity index (χ1v) is 15.5. The van der Waals surface area contributed by atoms with Gasteiger partial charge < -0.3 is 24.8 Å². The second-order valence-corrected chi connectivity index (χ2v) is 12.4. The Balaban J connectivity index is 1.31. The predicted octanol–water partition coefficient (Wildman–Crippen LogP) is 3.60. The van der Waals surface area contributed by atoms with Crippen LogP contribution in [0.3, 0.4) is 0 Å². The lowest BCUT2D eigenvalue weighted by Gasteiger charge is -2.40. The van der Waals surface area contributed by atoms with Gasteiger partial charge in [0.2, 0.25) is 17.7 Å². The first-order valence-electron chi connectivity index (χ1n) is 15.5. The van der Waals surface area contributed by atoms with Crippen molar-refractivity contribution in [1.82, 2.24) is 25.1 Å². The third kappa shape index (κ3) is 7.12. The summed E-state index contributed by atoms with van der Waals surface area (Å²) < 4.78 is 7.67. The molecule has 1 aromatic carbocycles. The second-order valence-electron chi connectivity index (χ2n) is 12.4. The van der Waals surface area contributed by atoms with Gasteiger partial charge in [-0.2, -0.15) is 0 Å². The molecular weight excluding hydrogens is 530 g/mol. The third-order valence-electron chi connectivity index (χ3n) is 9.20. The summed E-state index contributed by atoms with van der Waals surface area (Å²) in [6, 6.07) is 9.09. The summed E-state index contributed by atoms with van der Waals surface area (Å²) in [4.78, 5) is 47.2. The minimum Gasteiger partial charge on any atom is -0.381 e. The van der Waals surface area contributed by atoms with Gasteiger partial charge in [-0.1, -0.05) is 56.3 Å². The van der Waals surface area contributed by atoms with Crippen molar-refractivity contribution < 1.29 is 19.1 Å². The van der Waals surface area contributed by atoms with E-state index in [0.29, 0.717) is 77.3 Å². The first kappa shape index (κ1) is 30.0. The molecule has 3 amide bonds. The second kappa shape index (κ2) is 13.7. The molecule has 3 aliphatic rings. The van der Waals surface area contributed by atoms with Crippen LogP contribution < -0.4 is 10.6 Å². The number of hydrogen-bond donors (Lipinski definition) is 2. The van der Waals surface area contributed by atoms with Crippen LogP contribution in [-0.4, -0.2) is 70.6 Å². The van der Waals surface area contributed by atoms with Gasteiger partial charge >= 0.3 is 0 Å². The van der Waals surface area contributed by atoms with Gasteiger partial charge in [0.15, 0.2) is 0 Å². The molecule has 2 fully saturated rings. The number of aromatic nitrogens is 2. The number of benzene rings is 1. The minimum absolute atomic E-state index is 0.0670. The van der Waals surface area contributed by atoms with Crippen LogP contribution in [-0.2, 0) is 32.1 Å². The number of nitrogens with one attached hydrogen (secondary N) is 2. The zero-order valence-corrected chi connectivity index (χ0v) is 25.0. The predicted molar refractivity (Wildman–Crippen MR) is 160 cm³/mol. The molecule has 9 nitrogen and oxygen atoms in total. The number of fused-ring (bicyclic) bond motifs is 1. The number of likely N-dealkylation sites (tertiary alicyclic amines) is 1. The van der Waals surface area contributed by atoms with Gasteiger partial charge in [-0.15, -0.1) is 0 Å². The monoisotopic (exact) mass is 575 g/mol. The molecule has 4 heterocycles. The van der Waals surface area contributed by atoms with Crippen LogP contribution in [0.5, 0.6) is 0 Å². The van der Waals surface area contributed by atoms with Crippen molar-refractivity contribution in [2.24, 2.45) is 11.3 Å². The molecule has 5 rings (SSSR count). The normalized spacial score (nSPS) is 25.6. The molecule has 0 unspecified atom stereocenters. The largest absolute Gasteiger partial charge is 0.381 e. The number of amides is 3. The number of carbonyl (C=O) groups is 3. The van der Waals surface area contributed by atoms with E-state index in [1.54, 1.807) is 6.20 Å². The van der Waals surface area contributed by atoms with Crippen molar-refractivity contribution >= 4 is 17.7 Å². The Morgan fingerprint density at radius 1 is 1.12 bits per heavy atom. The van der Waals surface area contributed by atoms with Crippen LogP contribution >= 0.6 is 0 Å². The lowest BCUT2D eigenvalue weighted by molar-refractivity contribution is -0.140. The van der Waals surface area contributed by atoms with E-state index >= 15 is 0 Å². The van der Waals surface area contributed by atoms with Gasteiger partial charge in [0.1, 0.15) is 11.9 Å². The number of rotatable bonds is 6. The molecule has 9 heteroatoms. The molecule has 2 N–H and O–H groups in total. The highest BCUT2D eigenvalue weighted by molar-refractivity contribution is 5.90. The van der Waals surface area contributed by atoms with Crippen LogP contribution in [0, 0.1) is 11.3 Å². The fourth-order valence-electron chi connectivity index (χ4n) is 6.59. The highest BCUT2D eigenvalue weighted by atomic mass is 16.5. The summed E-state index contributed by atoms with van der Waals surface area (Å²) in [5.74, 6) is 1.30. The molecule has 0 aliphatic carbocycles. The molecule has 1 spiro atoms. The Bertz CT molecular complexity index is 1250. The van der Waals surface area contributed by atoms with Crippen LogP contribution in [0.15, 0.2) is 54.9 Å². The van der Waals surface area contributed by atoms with E-state index in [2.05, 4.69) is 46.2 Å². The number of piperidine rings is 1. The van der Waals surface area contributed by atoms with E-state index in [0.717, 1.165) is 17.8 Å². The van der Waals surface area contributed by atoms with E-state index < -0.39 is 11.5 Å². The van der Waals surface area contributed by atoms with E-state index in [1.165, 1.54) is 0 Å². The maximum Gasteiger partial charge on any atom is 0.243 e. The molecule has 0 saturated carbocycles. The van der Waals surface area contributed by atoms with E-state index in [4.69, 9.17) is 4.74 Å². The maximum atomic E-state index is 13.8. The van der Waals surface area contributed by atoms with Gasteiger partial charge in [0, 0.05) is 76.0 Å². The summed E-state index contributed by atoms with van der Waals surface area (Å²) in [6.07, 6.45) is 12.2. The summed E-state index contributed by atoms with van der Waals surface area (Å²) >= 11 is 0. The SMILES string of the molecule is CC(C)c1nccn1CCC(=O)N1CC[C@@H]2NC(=O)[C@@H](Cc3ccccc3)NC(=O)C3(C/C=C/C[C@@H]2C1)CCOCC3. The highest BCUT2D eigenvalue weighted by Gasteiger charge is 2.41. The quantitative estimate of drug-likeness (QED) is 0.512. The molecule has 1 aromatic heterocycles. The fraction of sp³-hybridized carbons (Fsp3) is 0.576. The Labute approximate surface area is 249 Å². The summed E-state index contributed by atoms with van der Waals surface area (Å²) in [6.45, 7) is 7.10. The number of imidazole rings is 1. The Morgan fingerprint density at radius 2 is 1.90 bits per heavy atom. The van der Waals surface area contributed by atoms with Crippen LogP contribution in [0.1, 0.15) is 69.7 Å². The third-order valence-corrected chi connectivity index (χ3v) is 9.20. The van der Waals surface area contributed by atoms with Crippen molar-refractivity contribution in [3.8, 4) is 0 Å². The molecule has 0 bridgehead atoms. The zero-order valence-electron chi connectivity index (χ0n) is 25.0. The molecule has 2 saturated heterocycles. The van der Waals surface area contributed by atoms with Crippen LogP contribution in [0.4, 0.5) is 0 Å². The van der Waals surface area contributed by atoms with E-state index in [9.17, 15) is 14.4 Å². The van der Waals surface area contributed by atoms with Crippen molar-refractivity contribution in [2.45, 2.75) is 83.3 Å². The topological polar surface area (TPSA) is 106 Å². The highest BCUT2D eigenvalue weighted by Crippen LogP contribution is 2.36. The van der Waals surface area contributed by atoms with E-state index in [1.807, 2.05) is 41.4 Å². The van der Waals surface area contributed by atoms with Crippen molar-refractivity contribution in [2.75, 3.05) is 26.3 Å². The van der Waals surface area contributed by atoms with Gasteiger partial charge in [-0.3, -0.25) is 14.4 Å². The van der Waals surface area contributed by atoms with Crippen LogP contribution in [0.2, 0.25) is 0 Å². The Kier molecular flexibility index (Phi) is 9.77. The molecule has 2 aromatic rings. The number of ether oxygens (including phenoxy) is 1. The molecular formula is C33H45N5O4. The smallest absolute Gasteiger partial charge is 0.243 e. The molecule has 3 atom stereocenters. The number of hydrogen-bond acceptors (Lipinski definition) is 5. The van der Waals surface area contributed by atoms with Gasteiger partial charge in [-0.05, 0) is 37.7 Å². The molecule has 0 radical (unpaired) electrons. The summed E-state index contributed by atoms with van der Waals surface area (Å²) in [7, 11) is 0. The number of nitrogens with zero attached hydrogens (tertiary/aromatic N) is 3. The summed E-state index contributed by atoms with van der Waals surface area (Å²) in [5, 5.41) is 6.44. The van der Waals surface area contributed by atoms with Crippen molar-refractivity contribution in [1.29, 1.82) is 0 Å². The average Bonchev–Trinajstić information content (AvgIpc) is 3.48. The lowest BCUT2D eigenvalue weighted by Crippen LogP contribution is -2.58. The first-order chi connectivity index (χ1) is 20.3. The minimum atomic E-state index is -0.673. The van der Waals surface area contributed by atoms with Gasteiger partial charge in [0.25, 0.3) is 0 Å². The number of carbonyl (C=O) groups excluding carboxylic acids is 3. The van der Waals surface area contributed by atoms with Gasteiger partial charge in [0.05, 0.1) is 5.41 Å². The number of aryl methyl sites for hydroxylation is 1. The van der Waals surface area contributed by atoms with E-state index in [-0.39, 0.29) is 29.7 Å². The number of allylic oxidation sites excluding steroid dienone is 2. The fourth-order valence-corrected chi connectivity index (χ4v) is 6.59. The average molecular weight is 576 g/mol. The van der Waals surface area contributed by atoms with Crippen molar-refractivity contribution in [3.63, 3.8) is 0 Å². The van der Waals surface area contributed by atoms with Crippen molar-refractivity contribution in [3.05, 3.63) is 66.3 Å². The zero-order chi connectivity index (χ0) is 29.5. The Hall–Kier alpha value is -3.46. The Morgan fingerprint density at radius 3 is 2.67 bits per heavy atom. The molecule has 3 aliphatic heterocycles. The molecule has 226 valence electrons. The van der Waals surface area contributed by atoms with Crippen LogP contribution in [0.25, 0.3) is 0 Å². The maximum absolute atomic E-state index is 13.8. The van der Waals surface area contributed by atoms with Gasteiger partial charge in [-0.25, -0.2) is 4.98 Å². The molecule has 42 heavy (non-hydrogen) atoms. The summed E-state index contributed by atoms with van der Waals surface area (Å²) in [5.41, 5.74) is 0.417.